The minimum atomic E-state index is 0.0140. The number of hydrogen-bond donors (Lipinski definition) is 1. The summed E-state index contributed by atoms with van der Waals surface area (Å²) in [4.78, 5) is 17.6. The Bertz CT molecular complexity index is 1030. The van der Waals surface area contributed by atoms with E-state index in [1.807, 2.05) is 25.3 Å². The molecular weight excluding hydrogens is 488 g/mol. The highest BCUT2D eigenvalue weighted by atomic mass is 35.5. The molecule has 2 aliphatic carbocycles. The predicted octanol–water partition coefficient (Wildman–Crippen LogP) is 5.65. The number of amides is 1. The first-order valence-electron chi connectivity index (χ1n) is 14.3. The normalized spacial score (nSPS) is 29.5. The van der Waals surface area contributed by atoms with Gasteiger partial charge in [0.25, 0.3) is 0 Å². The molecule has 2 heterocycles. The molecule has 0 unspecified atom stereocenters. The van der Waals surface area contributed by atoms with Crippen LogP contribution in [0, 0.1) is 11.8 Å². The van der Waals surface area contributed by atoms with Gasteiger partial charge in [-0.15, -0.1) is 0 Å². The van der Waals surface area contributed by atoms with E-state index in [4.69, 9.17) is 20.9 Å². The van der Waals surface area contributed by atoms with Crippen molar-refractivity contribution in [1.82, 2.24) is 15.4 Å². The van der Waals surface area contributed by atoms with Crippen molar-refractivity contribution < 1.29 is 14.1 Å². The molecule has 2 saturated carbocycles. The molecule has 1 amide bonds. The fraction of sp³-hybridized carbons (Fsp3) is 0.724. The topological polar surface area (TPSA) is 70.8 Å². The number of halogens is 1. The molecule has 1 aliphatic heterocycles. The van der Waals surface area contributed by atoms with Crippen molar-refractivity contribution in [3.8, 4) is 0 Å². The van der Waals surface area contributed by atoms with E-state index in [-0.39, 0.29) is 11.5 Å². The summed E-state index contributed by atoms with van der Waals surface area (Å²) < 4.78 is 11.1. The van der Waals surface area contributed by atoms with Gasteiger partial charge in [-0.25, -0.2) is 0 Å². The number of ether oxygens (including phenoxy) is 1. The lowest BCUT2D eigenvalue weighted by Crippen LogP contribution is -2.47. The van der Waals surface area contributed by atoms with Crippen molar-refractivity contribution in [1.29, 1.82) is 0 Å². The van der Waals surface area contributed by atoms with Crippen molar-refractivity contribution >= 4 is 34.3 Å². The third kappa shape index (κ3) is 6.79. The fourth-order valence-electron chi connectivity index (χ4n) is 6.52. The van der Waals surface area contributed by atoms with E-state index in [2.05, 4.69) is 27.2 Å². The van der Waals surface area contributed by atoms with E-state index in [9.17, 15) is 4.79 Å². The zero-order valence-corrected chi connectivity index (χ0v) is 23.3. The molecule has 0 radical (unpaired) electrons. The molecular formula is C29H43ClN4O3. The van der Waals surface area contributed by atoms with E-state index in [1.54, 1.807) is 0 Å². The minimum Gasteiger partial charge on any atom is -0.379 e. The van der Waals surface area contributed by atoms with Gasteiger partial charge in [0, 0.05) is 56.8 Å². The Morgan fingerprint density at radius 3 is 2.54 bits per heavy atom. The van der Waals surface area contributed by atoms with Crippen LogP contribution >= 0.6 is 11.6 Å². The zero-order chi connectivity index (χ0) is 25.8. The lowest BCUT2D eigenvalue weighted by Gasteiger charge is -2.37. The molecule has 1 aromatic carbocycles. The van der Waals surface area contributed by atoms with Crippen LogP contribution in [0.2, 0.25) is 5.02 Å². The average Bonchev–Trinajstić information content (AvgIpc) is 3.33. The predicted molar refractivity (Wildman–Crippen MR) is 148 cm³/mol. The average molecular weight is 531 g/mol. The Morgan fingerprint density at radius 2 is 1.84 bits per heavy atom. The molecule has 7 nitrogen and oxygen atoms in total. The van der Waals surface area contributed by atoms with Crippen LogP contribution in [-0.2, 0) is 9.53 Å². The third-order valence-corrected chi connectivity index (χ3v) is 9.52. The number of nitrogens with one attached hydrogen (secondary N) is 1. The van der Waals surface area contributed by atoms with E-state index >= 15 is 0 Å². The van der Waals surface area contributed by atoms with Crippen LogP contribution in [-0.4, -0.2) is 67.4 Å². The number of methoxy groups -OCH3 is 1. The minimum absolute atomic E-state index is 0.0140. The maximum Gasteiger partial charge on any atom is 0.220 e. The monoisotopic (exact) mass is 530 g/mol. The van der Waals surface area contributed by atoms with Crippen LogP contribution in [0.1, 0.15) is 71.1 Å². The second kappa shape index (κ2) is 11.9. The number of anilines is 1. The molecule has 1 aromatic heterocycles. The lowest BCUT2D eigenvalue weighted by molar-refractivity contribution is -0.124. The molecule has 0 spiro atoms. The molecule has 0 atom stereocenters. The van der Waals surface area contributed by atoms with E-state index in [0.717, 1.165) is 94.0 Å². The van der Waals surface area contributed by atoms with Gasteiger partial charge in [-0.05, 0) is 95.2 Å². The number of carbonyl (C=O) groups is 1. The van der Waals surface area contributed by atoms with Gasteiger partial charge in [0.05, 0.1) is 11.0 Å². The van der Waals surface area contributed by atoms with Gasteiger partial charge in [-0.2, -0.15) is 0 Å². The summed E-state index contributed by atoms with van der Waals surface area (Å²) in [5, 5.41) is 9.38. The van der Waals surface area contributed by atoms with Crippen molar-refractivity contribution in [3.05, 3.63) is 23.2 Å². The van der Waals surface area contributed by atoms with Crippen LogP contribution in [0.5, 0.6) is 0 Å². The summed E-state index contributed by atoms with van der Waals surface area (Å²) in [6.07, 6.45) is 11.0. The van der Waals surface area contributed by atoms with Crippen molar-refractivity contribution in [2.75, 3.05) is 44.7 Å². The zero-order valence-electron chi connectivity index (χ0n) is 22.5. The molecule has 3 aliphatic rings. The summed E-state index contributed by atoms with van der Waals surface area (Å²) >= 11 is 6.08. The number of piperazine rings is 1. The van der Waals surface area contributed by atoms with Gasteiger partial charge in [0.15, 0.2) is 11.4 Å². The number of nitrogens with zero attached hydrogens (tertiary/aromatic N) is 3. The van der Waals surface area contributed by atoms with Gasteiger partial charge in [-0.1, -0.05) is 16.8 Å². The van der Waals surface area contributed by atoms with Crippen molar-refractivity contribution in [3.63, 3.8) is 0 Å². The SMILES string of the molecule is CO[C@]1(C)CC[C@@H](CC(=O)NC2CCC(CCN3CCN(c4noc5cc(Cl)ccc45)CC3)CC2)CC1. The molecule has 5 rings (SSSR count). The van der Waals surface area contributed by atoms with Crippen LogP contribution in [0.25, 0.3) is 11.0 Å². The number of fused-ring (bicyclic) bond motifs is 1. The standard InChI is InChI=1S/C29H43ClN4O3/c1-29(36-2)12-9-22(10-13-29)19-27(35)31-24-6-3-21(4-7-24)11-14-33-15-17-34(18-16-33)28-25-8-5-23(30)20-26(25)37-32-28/h5,8,20-22,24H,3-4,6-7,9-19H2,1-2H3,(H,31,35)/t21?,22-,24?,29-. The van der Waals surface area contributed by atoms with Crippen LogP contribution in [0.4, 0.5) is 5.82 Å². The Kier molecular flexibility index (Phi) is 8.62. The molecule has 1 saturated heterocycles. The Morgan fingerprint density at radius 1 is 1.11 bits per heavy atom. The molecule has 8 heteroatoms. The van der Waals surface area contributed by atoms with Crippen LogP contribution in [0.15, 0.2) is 22.7 Å². The van der Waals surface area contributed by atoms with Gasteiger partial charge < -0.3 is 19.5 Å². The van der Waals surface area contributed by atoms with Crippen molar-refractivity contribution in [2.24, 2.45) is 11.8 Å². The number of hydrogen-bond acceptors (Lipinski definition) is 6. The van der Waals surface area contributed by atoms with Gasteiger partial charge in [0.2, 0.25) is 5.91 Å². The maximum absolute atomic E-state index is 12.7. The number of carbonyl (C=O) groups excluding carboxylic acids is 1. The smallest absolute Gasteiger partial charge is 0.220 e. The van der Waals surface area contributed by atoms with Crippen LogP contribution in [0.3, 0.4) is 0 Å². The highest BCUT2D eigenvalue weighted by molar-refractivity contribution is 6.31. The van der Waals surface area contributed by atoms with Gasteiger partial charge in [-0.3, -0.25) is 9.69 Å². The van der Waals surface area contributed by atoms with Crippen molar-refractivity contribution in [2.45, 2.75) is 82.8 Å². The Hall–Kier alpha value is -1.83. The third-order valence-electron chi connectivity index (χ3n) is 9.28. The quantitative estimate of drug-likeness (QED) is 0.475. The first-order valence-corrected chi connectivity index (χ1v) is 14.7. The summed E-state index contributed by atoms with van der Waals surface area (Å²) in [6.45, 7) is 7.39. The van der Waals surface area contributed by atoms with Gasteiger partial charge in [0.1, 0.15) is 0 Å². The number of aromatic nitrogens is 1. The number of benzene rings is 1. The second-order valence-corrected chi connectivity index (χ2v) is 12.3. The summed E-state index contributed by atoms with van der Waals surface area (Å²) in [6, 6.07) is 6.10. The molecule has 3 fully saturated rings. The van der Waals surface area contributed by atoms with E-state index in [0.29, 0.717) is 23.4 Å². The van der Waals surface area contributed by atoms with Crippen LogP contribution < -0.4 is 10.2 Å². The summed E-state index contributed by atoms with van der Waals surface area (Å²) in [5.41, 5.74) is 0.764. The van der Waals surface area contributed by atoms with Gasteiger partial charge >= 0.3 is 0 Å². The molecule has 204 valence electrons. The highest BCUT2D eigenvalue weighted by Crippen LogP contribution is 2.36. The highest BCUT2D eigenvalue weighted by Gasteiger charge is 2.32. The maximum atomic E-state index is 12.7. The molecule has 2 aromatic rings. The van der Waals surface area contributed by atoms with E-state index < -0.39 is 0 Å². The number of rotatable bonds is 8. The Labute approximate surface area is 226 Å². The largest absolute Gasteiger partial charge is 0.379 e. The summed E-state index contributed by atoms with van der Waals surface area (Å²) in [7, 11) is 1.81. The molecule has 0 bridgehead atoms. The second-order valence-electron chi connectivity index (χ2n) is 11.9. The Balaban J connectivity index is 0.972. The first-order chi connectivity index (χ1) is 17.9. The molecule has 1 N–H and O–H groups in total. The molecule has 37 heavy (non-hydrogen) atoms. The fourth-order valence-corrected chi connectivity index (χ4v) is 6.68. The van der Waals surface area contributed by atoms with E-state index in [1.165, 1.54) is 19.3 Å². The lowest BCUT2D eigenvalue weighted by atomic mass is 9.78. The first kappa shape index (κ1) is 26.8. The summed E-state index contributed by atoms with van der Waals surface area (Å²) in [5.74, 6) is 2.49.